The predicted octanol–water partition coefficient (Wildman–Crippen LogP) is 5.05. The number of nitrogens with two attached hydrogens (primary N) is 2. The molecule has 0 aliphatic rings. The molecule has 0 aliphatic carbocycles. The maximum Gasteiger partial charge on any atom is 0.340 e. The molecule has 0 saturated carbocycles. The van der Waals surface area contributed by atoms with E-state index in [2.05, 4.69) is 22.6 Å². The molecule has 0 spiro atoms. The third-order valence-electron chi connectivity index (χ3n) is 3.21. The number of carbonyl (C=O) groups excluding carboxylic acids is 2. The molecule has 0 radical (unpaired) electrons. The van der Waals surface area contributed by atoms with Gasteiger partial charge >= 0.3 is 11.9 Å². The van der Waals surface area contributed by atoms with Crippen molar-refractivity contribution in [2.75, 3.05) is 11.5 Å². The van der Waals surface area contributed by atoms with Crippen LogP contribution in [0.1, 0.15) is 62.3 Å². The summed E-state index contributed by atoms with van der Waals surface area (Å²) in [7, 11) is 0. The van der Waals surface area contributed by atoms with Gasteiger partial charge in [0.15, 0.2) is 0 Å². The summed E-state index contributed by atoms with van der Waals surface area (Å²) < 4.78 is 11.4. The van der Waals surface area contributed by atoms with Crippen LogP contribution in [0.25, 0.3) is 0 Å². The van der Waals surface area contributed by atoms with Gasteiger partial charge < -0.3 is 20.9 Å². The van der Waals surface area contributed by atoms with Crippen molar-refractivity contribution in [2.45, 2.75) is 52.7 Å². The fourth-order valence-electron chi connectivity index (χ4n) is 2.05. The Hall–Kier alpha value is -2.29. The monoisotopic (exact) mass is 512 g/mol. The largest absolute Gasteiger partial charge is 0.456 e. The molecule has 0 heterocycles. The van der Waals surface area contributed by atoms with Crippen LogP contribution in [-0.4, -0.2) is 23.1 Å². The number of anilines is 2. The number of hydrogen-bond donors (Lipinski definition) is 2. The average molecular weight is 512 g/mol. The fraction of sp³-hybridized carbons (Fsp3) is 0.364. The van der Waals surface area contributed by atoms with Crippen LogP contribution < -0.4 is 11.5 Å². The Kier molecular flexibility index (Phi) is 8.50. The molecule has 0 unspecified atom stereocenters. The molecule has 0 amide bonds. The molecule has 2 aromatic carbocycles. The van der Waals surface area contributed by atoms with Crippen molar-refractivity contribution in [3.8, 4) is 0 Å². The number of esters is 2. The van der Waals surface area contributed by atoms with E-state index in [-0.39, 0.29) is 11.9 Å². The number of hydrogen-bond acceptors (Lipinski definition) is 6. The predicted molar refractivity (Wildman–Crippen MR) is 125 cm³/mol. The van der Waals surface area contributed by atoms with E-state index in [1.54, 1.807) is 36.4 Å². The molecule has 29 heavy (non-hydrogen) atoms. The Balaban J connectivity index is 0.000000291. The Morgan fingerprint density at radius 2 is 1.21 bits per heavy atom. The molecule has 0 bridgehead atoms. The highest BCUT2D eigenvalue weighted by Gasteiger charge is 2.20. The number of carbonyl (C=O) groups is 2. The van der Waals surface area contributed by atoms with Crippen LogP contribution in [0.3, 0.4) is 0 Å². The molecule has 2 aromatic rings. The van der Waals surface area contributed by atoms with Crippen LogP contribution in [0.5, 0.6) is 0 Å². The second kappa shape index (κ2) is 9.96. The third kappa shape index (κ3) is 9.17. The van der Waals surface area contributed by atoms with Crippen LogP contribution in [0.2, 0.25) is 0 Å². The van der Waals surface area contributed by atoms with E-state index in [1.165, 1.54) is 0 Å². The molecule has 158 valence electrons. The molecule has 0 aliphatic heterocycles. The highest BCUT2D eigenvalue weighted by molar-refractivity contribution is 14.1. The van der Waals surface area contributed by atoms with Gasteiger partial charge in [-0.05, 0) is 94.5 Å². The van der Waals surface area contributed by atoms with Crippen LogP contribution in [0, 0.1) is 3.57 Å². The molecular formula is C22H29IN2O4. The van der Waals surface area contributed by atoms with Gasteiger partial charge in [0.25, 0.3) is 0 Å². The number of para-hydroxylation sites is 1. The summed E-state index contributed by atoms with van der Waals surface area (Å²) >= 11 is 2.13. The fourth-order valence-corrected chi connectivity index (χ4v) is 2.55. The topological polar surface area (TPSA) is 105 Å². The summed E-state index contributed by atoms with van der Waals surface area (Å²) in [5, 5.41) is 0. The normalized spacial score (nSPS) is 11.1. The highest BCUT2D eigenvalue weighted by Crippen LogP contribution is 2.20. The molecule has 6 nitrogen and oxygen atoms in total. The molecule has 4 N–H and O–H groups in total. The Morgan fingerprint density at radius 3 is 1.69 bits per heavy atom. The summed E-state index contributed by atoms with van der Waals surface area (Å²) in [6.45, 7) is 11.0. The summed E-state index contributed by atoms with van der Waals surface area (Å²) in [5.74, 6) is -0.755. The van der Waals surface area contributed by atoms with Crippen molar-refractivity contribution in [1.82, 2.24) is 0 Å². The summed E-state index contributed by atoms with van der Waals surface area (Å²) in [4.78, 5) is 23.3. The van der Waals surface area contributed by atoms with E-state index < -0.39 is 11.2 Å². The first kappa shape index (κ1) is 24.7. The Labute approximate surface area is 186 Å². The summed E-state index contributed by atoms with van der Waals surface area (Å²) in [5.41, 5.74) is 12.1. The third-order valence-corrected chi connectivity index (χ3v) is 3.88. The zero-order valence-corrected chi connectivity index (χ0v) is 19.9. The average Bonchev–Trinajstić information content (AvgIpc) is 2.55. The number of halogens is 1. The van der Waals surface area contributed by atoms with Gasteiger partial charge in [0.05, 0.1) is 11.1 Å². The molecule has 0 aromatic heterocycles. The van der Waals surface area contributed by atoms with Gasteiger partial charge in [0.2, 0.25) is 0 Å². The van der Waals surface area contributed by atoms with Gasteiger partial charge in [-0.15, -0.1) is 0 Å². The lowest BCUT2D eigenvalue weighted by Crippen LogP contribution is -2.24. The first-order chi connectivity index (χ1) is 13.2. The van der Waals surface area contributed by atoms with E-state index >= 15 is 0 Å². The zero-order valence-electron chi connectivity index (χ0n) is 17.7. The number of rotatable bonds is 2. The van der Waals surface area contributed by atoms with Gasteiger partial charge in [0.1, 0.15) is 11.2 Å². The van der Waals surface area contributed by atoms with Crippen molar-refractivity contribution < 1.29 is 19.1 Å². The van der Waals surface area contributed by atoms with Gasteiger partial charge in [0, 0.05) is 14.9 Å². The summed E-state index contributed by atoms with van der Waals surface area (Å²) in [6, 6.07) is 12.2. The smallest absolute Gasteiger partial charge is 0.340 e. The minimum absolute atomic E-state index is 0.376. The van der Waals surface area contributed by atoms with Crippen LogP contribution in [-0.2, 0) is 9.47 Å². The van der Waals surface area contributed by atoms with Crippen molar-refractivity contribution in [2.24, 2.45) is 0 Å². The van der Waals surface area contributed by atoms with Crippen LogP contribution in [0.4, 0.5) is 11.4 Å². The van der Waals surface area contributed by atoms with Crippen molar-refractivity contribution in [3.63, 3.8) is 0 Å². The SMILES string of the molecule is CC(C)(C)OC(=O)c1cc(I)ccc1N.CC(C)(C)OC(=O)c1ccccc1N. The van der Waals surface area contributed by atoms with E-state index in [1.807, 2.05) is 47.6 Å². The quantitative estimate of drug-likeness (QED) is 0.332. The molecule has 0 saturated heterocycles. The van der Waals surface area contributed by atoms with E-state index in [9.17, 15) is 9.59 Å². The van der Waals surface area contributed by atoms with Crippen molar-refractivity contribution in [3.05, 3.63) is 57.2 Å². The lowest BCUT2D eigenvalue weighted by atomic mass is 10.1. The minimum Gasteiger partial charge on any atom is -0.456 e. The lowest BCUT2D eigenvalue weighted by Gasteiger charge is -2.20. The Morgan fingerprint density at radius 1 is 0.759 bits per heavy atom. The minimum atomic E-state index is -0.495. The van der Waals surface area contributed by atoms with Gasteiger partial charge in [-0.3, -0.25) is 0 Å². The first-order valence-corrected chi connectivity index (χ1v) is 10.1. The van der Waals surface area contributed by atoms with E-state index in [0.717, 1.165) is 3.57 Å². The Bertz CT molecular complexity index is 868. The lowest BCUT2D eigenvalue weighted by molar-refractivity contribution is 0.00581. The van der Waals surface area contributed by atoms with Gasteiger partial charge in [-0.1, -0.05) is 12.1 Å². The molecular weight excluding hydrogens is 483 g/mol. The molecule has 0 atom stereocenters. The zero-order chi connectivity index (χ0) is 22.4. The standard InChI is InChI=1S/C11H14INO2.C11H15NO2/c1-11(2,3)15-10(14)8-6-7(12)4-5-9(8)13;1-11(2,3)14-10(13)8-6-4-5-7-9(8)12/h4-6H,13H2,1-3H3;4-7H,12H2,1-3H3. The molecule has 7 heteroatoms. The number of benzene rings is 2. The second-order valence-electron chi connectivity index (χ2n) is 8.32. The number of ether oxygens (including phenoxy) is 2. The van der Waals surface area contributed by atoms with Crippen LogP contribution >= 0.6 is 22.6 Å². The van der Waals surface area contributed by atoms with Gasteiger partial charge in [-0.2, -0.15) is 0 Å². The second-order valence-corrected chi connectivity index (χ2v) is 9.57. The van der Waals surface area contributed by atoms with Gasteiger partial charge in [-0.25, -0.2) is 9.59 Å². The maximum absolute atomic E-state index is 11.7. The highest BCUT2D eigenvalue weighted by atomic mass is 127. The summed E-state index contributed by atoms with van der Waals surface area (Å²) in [6.07, 6.45) is 0. The number of nitrogen functional groups attached to an aromatic ring is 2. The first-order valence-electron chi connectivity index (χ1n) is 9.06. The van der Waals surface area contributed by atoms with Crippen molar-refractivity contribution in [1.29, 1.82) is 0 Å². The van der Waals surface area contributed by atoms with Crippen molar-refractivity contribution >= 4 is 45.9 Å². The van der Waals surface area contributed by atoms with E-state index in [0.29, 0.717) is 22.5 Å². The maximum atomic E-state index is 11.7. The van der Waals surface area contributed by atoms with Crippen LogP contribution in [0.15, 0.2) is 42.5 Å². The van der Waals surface area contributed by atoms with E-state index in [4.69, 9.17) is 20.9 Å². The molecule has 2 rings (SSSR count). The molecule has 0 fully saturated rings.